The molecule has 0 aliphatic carbocycles. The lowest BCUT2D eigenvalue weighted by Crippen LogP contribution is -2.40. The van der Waals surface area contributed by atoms with Gasteiger partial charge < -0.3 is 10.2 Å². The zero-order chi connectivity index (χ0) is 22.0. The number of rotatable bonds is 9. The number of hydrogen-bond acceptors (Lipinski definition) is 3. The fourth-order valence-electron chi connectivity index (χ4n) is 3.68. The van der Waals surface area contributed by atoms with Crippen LogP contribution in [0.2, 0.25) is 0 Å². The number of nitrogens with one attached hydrogen (secondary N) is 1. The molecule has 0 radical (unpaired) electrons. The summed E-state index contributed by atoms with van der Waals surface area (Å²) < 4.78 is 0. The summed E-state index contributed by atoms with van der Waals surface area (Å²) in [6, 6.07) is 6.37. The lowest BCUT2D eigenvalue weighted by Gasteiger charge is -2.30. The SMILES string of the molecule is C=C(CNC(=O)c1ccc(C)c(P)c1)N1CCC(N(CCC)CC(C)C)C1.CC. The molecule has 4 nitrogen and oxygen atoms in total. The van der Waals surface area contributed by atoms with Crippen molar-refractivity contribution in [2.24, 2.45) is 5.92 Å². The Morgan fingerprint density at radius 2 is 2.07 bits per heavy atom. The average molecular weight is 420 g/mol. The van der Waals surface area contributed by atoms with Gasteiger partial charge in [-0.3, -0.25) is 9.69 Å². The van der Waals surface area contributed by atoms with Crippen molar-refractivity contribution in [2.75, 3.05) is 32.7 Å². The summed E-state index contributed by atoms with van der Waals surface area (Å²) in [5.41, 5.74) is 2.87. The summed E-state index contributed by atoms with van der Waals surface area (Å²) >= 11 is 0. The number of likely N-dealkylation sites (tertiary alicyclic amines) is 1. The maximum atomic E-state index is 12.4. The van der Waals surface area contributed by atoms with Gasteiger partial charge in [-0.15, -0.1) is 9.24 Å². The molecule has 1 heterocycles. The maximum absolute atomic E-state index is 12.4. The van der Waals surface area contributed by atoms with E-state index in [1.807, 2.05) is 39.0 Å². The van der Waals surface area contributed by atoms with Crippen LogP contribution < -0.4 is 10.6 Å². The first-order chi connectivity index (χ1) is 13.8. The van der Waals surface area contributed by atoms with Crippen LogP contribution >= 0.6 is 9.24 Å². The van der Waals surface area contributed by atoms with Gasteiger partial charge in [-0.25, -0.2) is 0 Å². The zero-order valence-corrected chi connectivity index (χ0v) is 20.6. The van der Waals surface area contributed by atoms with Crippen molar-refractivity contribution in [3.63, 3.8) is 0 Å². The molecule has 29 heavy (non-hydrogen) atoms. The van der Waals surface area contributed by atoms with E-state index in [0.29, 0.717) is 24.1 Å². The average Bonchev–Trinajstić information content (AvgIpc) is 3.19. The summed E-state index contributed by atoms with van der Waals surface area (Å²) in [5, 5.41) is 4.08. The van der Waals surface area contributed by atoms with E-state index in [9.17, 15) is 4.79 Å². The molecule has 1 fully saturated rings. The quantitative estimate of drug-likeness (QED) is 0.609. The van der Waals surface area contributed by atoms with E-state index >= 15 is 0 Å². The van der Waals surface area contributed by atoms with Gasteiger partial charge >= 0.3 is 0 Å². The predicted octanol–water partition coefficient (Wildman–Crippen LogP) is 4.21. The Labute approximate surface area is 181 Å². The highest BCUT2D eigenvalue weighted by atomic mass is 31.0. The van der Waals surface area contributed by atoms with E-state index < -0.39 is 0 Å². The van der Waals surface area contributed by atoms with Crippen LogP contribution in [-0.2, 0) is 0 Å². The van der Waals surface area contributed by atoms with Crippen LogP contribution in [0.1, 0.15) is 63.4 Å². The van der Waals surface area contributed by atoms with Crippen molar-refractivity contribution in [3.8, 4) is 0 Å². The Balaban J connectivity index is 0.00000204. The molecule has 1 N–H and O–H groups in total. The van der Waals surface area contributed by atoms with Crippen LogP contribution in [0.5, 0.6) is 0 Å². The van der Waals surface area contributed by atoms with E-state index in [0.717, 1.165) is 37.2 Å². The highest BCUT2D eigenvalue weighted by molar-refractivity contribution is 7.27. The summed E-state index contributed by atoms with van der Waals surface area (Å²) in [6.07, 6.45) is 2.36. The summed E-state index contributed by atoms with van der Waals surface area (Å²) in [6.45, 7) is 21.9. The van der Waals surface area contributed by atoms with Crippen molar-refractivity contribution in [3.05, 3.63) is 41.6 Å². The molecule has 1 amide bonds. The Hall–Kier alpha value is -1.38. The Kier molecular flexibility index (Phi) is 11.5. The Morgan fingerprint density at radius 3 is 2.66 bits per heavy atom. The van der Waals surface area contributed by atoms with Crippen molar-refractivity contribution in [2.45, 2.75) is 60.4 Å². The summed E-state index contributed by atoms with van der Waals surface area (Å²) in [4.78, 5) is 17.4. The van der Waals surface area contributed by atoms with Crippen LogP contribution in [-0.4, -0.2) is 54.5 Å². The zero-order valence-electron chi connectivity index (χ0n) is 19.4. The first kappa shape index (κ1) is 25.7. The molecule has 0 bridgehead atoms. The number of carbonyl (C=O) groups excluding carboxylic acids is 1. The molecule has 1 aromatic rings. The van der Waals surface area contributed by atoms with Crippen LogP contribution in [0.15, 0.2) is 30.5 Å². The highest BCUT2D eigenvalue weighted by Crippen LogP contribution is 2.20. The molecule has 5 heteroatoms. The van der Waals surface area contributed by atoms with Crippen LogP contribution in [0.3, 0.4) is 0 Å². The van der Waals surface area contributed by atoms with Crippen molar-refractivity contribution >= 4 is 20.5 Å². The van der Waals surface area contributed by atoms with E-state index in [1.165, 1.54) is 18.4 Å². The summed E-state index contributed by atoms with van der Waals surface area (Å²) in [5.74, 6) is 0.646. The number of nitrogens with zero attached hydrogens (tertiary/aromatic N) is 2. The van der Waals surface area contributed by atoms with Crippen molar-refractivity contribution in [1.29, 1.82) is 0 Å². The second-order valence-electron chi connectivity index (χ2n) is 8.10. The molecule has 2 unspecified atom stereocenters. The number of benzene rings is 1. The molecule has 2 rings (SSSR count). The second kappa shape index (κ2) is 13.0. The van der Waals surface area contributed by atoms with Gasteiger partial charge in [0.15, 0.2) is 0 Å². The molecule has 1 aliphatic heterocycles. The van der Waals surface area contributed by atoms with Gasteiger partial charge in [-0.05, 0) is 55.2 Å². The molecule has 164 valence electrons. The lowest BCUT2D eigenvalue weighted by atomic mass is 10.1. The van der Waals surface area contributed by atoms with Gasteiger partial charge in [-0.2, -0.15) is 0 Å². The first-order valence-electron chi connectivity index (χ1n) is 11.1. The third kappa shape index (κ3) is 8.10. The minimum Gasteiger partial charge on any atom is -0.372 e. The maximum Gasteiger partial charge on any atom is 0.251 e. The lowest BCUT2D eigenvalue weighted by molar-refractivity contribution is 0.0954. The van der Waals surface area contributed by atoms with E-state index in [1.54, 1.807) is 0 Å². The largest absolute Gasteiger partial charge is 0.372 e. The monoisotopic (exact) mass is 419 g/mol. The van der Waals surface area contributed by atoms with Crippen molar-refractivity contribution in [1.82, 2.24) is 15.1 Å². The third-order valence-electron chi connectivity index (χ3n) is 5.23. The number of carbonyl (C=O) groups is 1. The minimum atomic E-state index is -0.0389. The van der Waals surface area contributed by atoms with Crippen LogP contribution in [0, 0.1) is 12.8 Å². The van der Waals surface area contributed by atoms with E-state index in [-0.39, 0.29) is 5.91 Å². The smallest absolute Gasteiger partial charge is 0.251 e. The molecule has 2 atom stereocenters. The predicted molar refractivity (Wildman–Crippen MR) is 130 cm³/mol. The normalized spacial score (nSPS) is 16.0. The van der Waals surface area contributed by atoms with Gasteiger partial charge in [0.25, 0.3) is 5.91 Å². The fourth-order valence-corrected chi connectivity index (χ4v) is 3.96. The molecule has 1 aromatic carbocycles. The standard InChI is InChI=1S/C22H36N3OP.C2H6/c1-6-10-25(14-16(2)3)20-9-11-24(15-20)18(5)13-23-22(26)19-8-7-17(4)21(27)12-19;1-2/h7-8,12,16,20H,5-6,9-11,13-15,27H2,1-4H3,(H,23,26);1-2H3. The van der Waals surface area contributed by atoms with Gasteiger partial charge in [-0.1, -0.05) is 47.3 Å². The number of hydrogen-bond donors (Lipinski definition) is 1. The van der Waals surface area contributed by atoms with Crippen LogP contribution in [0.25, 0.3) is 0 Å². The van der Waals surface area contributed by atoms with Crippen molar-refractivity contribution < 1.29 is 4.79 Å². The summed E-state index contributed by atoms with van der Waals surface area (Å²) in [7, 11) is 2.68. The van der Waals surface area contributed by atoms with Crippen LogP contribution in [0.4, 0.5) is 0 Å². The molecule has 1 saturated heterocycles. The fraction of sp³-hybridized carbons (Fsp3) is 0.625. The number of aryl methyl sites for hydroxylation is 1. The highest BCUT2D eigenvalue weighted by Gasteiger charge is 2.28. The topological polar surface area (TPSA) is 35.6 Å². The molecule has 0 spiro atoms. The van der Waals surface area contributed by atoms with Gasteiger partial charge in [0.1, 0.15) is 0 Å². The molecule has 0 aromatic heterocycles. The van der Waals surface area contributed by atoms with E-state index in [2.05, 4.69) is 51.7 Å². The van der Waals surface area contributed by atoms with Gasteiger partial charge in [0.05, 0.1) is 6.54 Å². The third-order valence-corrected chi connectivity index (χ3v) is 5.85. The minimum absolute atomic E-state index is 0.0389. The van der Waals surface area contributed by atoms with Gasteiger partial charge in [0.2, 0.25) is 0 Å². The Morgan fingerprint density at radius 1 is 1.38 bits per heavy atom. The first-order valence-corrected chi connectivity index (χ1v) is 11.7. The molecule has 0 saturated carbocycles. The molecule has 1 aliphatic rings. The Bertz CT molecular complexity index is 660. The van der Waals surface area contributed by atoms with E-state index in [4.69, 9.17) is 0 Å². The molecular formula is C24H42N3OP. The molecular weight excluding hydrogens is 377 g/mol. The number of amides is 1. The van der Waals surface area contributed by atoms with Gasteiger partial charge in [0, 0.05) is 36.9 Å². The second-order valence-corrected chi connectivity index (χ2v) is 8.72.